The molecule has 1 aromatic carbocycles. The summed E-state index contributed by atoms with van der Waals surface area (Å²) in [6, 6.07) is 14.3. The van der Waals surface area contributed by atoms with Crippen molar-refractivity contribution in [2.75, 3.05) is 20.6 Å². The van der Waals surface area contributed by atoms with Gasteiger partial charge in [-0.15, -0.1) is 0 Å². The van der Waals surface area contributed by atoms with Gasteiger partial charge in [0, 0.05) is 30.4 Å². The molecular weight excluding hydrogens is 356 g/mol. The second kappa shape index (κ2) is 9.19. The Bertz CT molecular complexity index is 867. The van der Waals surface area contributed by atoms with Crippen LogP contribution in [0, 0.1) is 5.41 Å². The molecule has 0 saturated heterocycles. The summed E-state index contributed by atoms with van der Waals surface area (Å²) in [4.78, 5) is 27.3. The van der Waals surface area contributed by atoms with Crippen LogP contribution in [-0.2, 0) is 9.59 Å². The van der Waals surface area contributed by atoms with E-state index >= 15 is 0 Å². The highest BCUT2D eigenvalue weighted by atomic mass is 16.4. The van der Waals surface area contributed by atoms with Gasteiger partial charge in [0.15, 0.2) is 0 Å². The molecule has 1 unspecified atom stereocenters. The highest BCUT2D eigenvalue weighted by molar-refractivity contribution is 5.90. The van der Waals surface area contributed by atoms with Crippen LogP contribution in [0.3, 0.4) is 0 Å². The largest absolute Gasteiger partial charge is 0.481 e. The molecule has 6 heteroatoms. The van der Waals surface area contributed by atoms with Gasteiger partial charge in [0.25, 0.3) is 0 Å². The summed E-state index contributed by atoms with van der Waals surface area (Å²) < 4.78 is 0. The van der Waals surface area contributed by atoms with Gasteiger partial charge in [-0.2, -0.15) is 0 Å². The van der Waals surface area contributed by atoms with E-state index < -0.39 is 17.4 Å². The van der Waals surface area contributed by atoms with Crippen LogP contribution in [0.25, 0.3) is 11.3 Å². The fourth-order valence-electron chi connectivity index (χ4n) is 3.33. The molecule has 3 rings (SSSR count). The SMILES string of the molecule is CC1=CC(CN(C)C)(C(=O)O)CC(C(=O)O)=C1.c1ccc(-c2ccc[nH]2)cc1. The average molecular weight is 382 g/mol. The van der Waals surface area contributed by atoms with Gasteiger partial charge >= 0.3 is 11.9 Å². The highest BCUT2D eigenvalue weighted by Gasteiger charge is 2.40. The number of carboxylic acid groups (broad SMARTS) is 2. The van der Waals surface area contributed by atoms with Crippen LogP contribution >= 0.6 is 0 Å². The van der Waals surface area contributed by atoms with Crippen LogP contribution in [-0.4, -0.2) is 52.7 Å². The van der Waals surface area contributed by atoms with Crippen LogP contribution in [0.1, 0.15) is 13.3 Å². The number of hydrogen-bond acceptors (Lipinski definition) is 3. The van der Waals surface area contributed by atoms with Crippen molar-refractivity contribution in [1.29, 1.82) is 0 Å². The molecule has 0 fully saturated rings. The van der Waals surface area contributed by atoms with Gasteiger partial charge in [0.1, 0.15) is 5.41 Å². The highest BCUT2D eigenvalue weighted by Crippen LogP contribution is 2.35. The number of nitrogens with zero attached hydrogens (tertiary/aromatic N) is 1. The Labute approximate surface area is 164 Å². The summed E-state index contributed by atoms with van der Waals surface area (Å²) in [7, 11) is 3.54. The van der Waals surface area contributed by atoms with Crippen molar-refractivity contribution in [1.82, 2.24) is 9.88 Å². The topological polar surface area (TPSA) is 93.6 Å². The third kappa shape index (κ3) is 5.44. The molecule has 3 N–H and O–H groups in total. The summed E-state index contributed by atoms with van der Waals surface area (Å²) in [5.74, 6) is -2.04. The maximum atomic E-state index is 11.4. The van der Waals surface area contributed by atoms with E-state index in [0.717, 1.165) is 0 Å². The Morgan fingerprint density at radius 1 is 1.11 bits per heavy atom. The smallest absolute Gasteiger partial charge is 0.331 e. The molecule has 28 heavy (non-hydrogen) atoms. The van der Waals surface area contributed by atoms with E-state index in [4.69, 9.17) is 5.11 Å². The van der Waals surface area contributed by atoms with Crippen molar-refractivity contribution >= 4 is 11.9 Å². The summed E-state index contributed by atoms with van der Waals surface area (Å²) in [6.45, 7) is 2.00. The number of aromatic nitrogens is 1. The maximum absolute atomic E-state index is 11.4. The minimum Gasteiger partial charge on any atom is -0.481 e. The zero-order chi connectivity index (χ0) is 20.7. The monoisotopic (exact) mass is 382 g/mol. The number of hydrogen-bond donors (Lipinski definition) is 3. The van der Waals surface area contributed by atoms with Crippen molar-refractivity contribution in [3.8, 4) is 11.3 Å². The molecule has 1 aliphatic rings. The minimum absolute atomic E-state index is 0.0210. The fourth-order valence-corrected chi connectivity index (χ4v) is 3.33. The van der Waals surface area contributed by atoms with Gasteiger partial charge in [-0.1, -0.05) is 42.0 Å². The van der Waals surface area contributed by atoms with Gasteiger partial charge in [0.05, 0.1) is 0 Å². The second-order valence-electron chi connectivity index (χ2n) is 7.19. The molecule has 0 spiro atoms. The lowest BCUT2D eigenvalue weighted by molar-refractivity contribution is -0.147. The van der Waals surface area contributed by atoms with Crippen molar-refractivity contribution < 1.29 is 19.8 Å². The second-order valence-corrected chi connectivity index (χ2v) is 7.19. The number of carboxylic acids is 2. The first-order chi connectivity index (χ1) is 13.2. The van der Waals surface area contributed by atoms with E-state index in [2.05, 4.69) is 23.2 Å². The molecule has 0 radical (unpaired) electrons. The molecule has 1 aromatic heterocycles. The van der Waals surface area contributed by atoms with E-state index in [1.807, 2.05) is 30.5 Å². The molecule has 0 aliphatic heterocycles. The normalized spacial score (nSPS) is 18.6. The Balaban J connectivity index is 0.000000218. The molecule has 0 amide bonds. The fraction of sp³-hybridized carbons (Fsp3) is 0.273. The van der Waals surface area contributed by atoms with Gasteiger partial charge in [0.2, 0.25) is 0 Å². The number of aromatic amines is 1. The van der Waals surface area contributed by atoms with Gasteiger partial charge in [-0.05, 0) is 44.8 Å². The summed E-state index contributed by atoms with van der Waals surface area (Å²) >= 11 is 0. The number of carbonyl (C=O) groups is 2. The summed E-state index contributed by atoms with van der Waals surface area (Å²) in [5, 5.41) is 18.4. The van der Waals surface area contributed by atoms with Crippen LogP contribution in [0.15, 0.2) is 72.0 Å². The Kier molecular flexibility index (Phi) is 6.95. The molecule has 0 bridgehead atoms. The predicted molar refractivity (Wildman–Crippen MR) is 109 cm³/mol. The first kappa shape index (κ1) is 21.2. The van der Waals surface area contributed by atoms with Crippen molar-refractivity contribution in [3.63, 3.8) is 0 Å². The molecule has 1 atom stereocenters. The third-order valence-corrected chi connectivity index (χ3v) is 4.39. The Morgan fingerprint density at radius 2 is 1.79 bits per heavy atom. The van der Waals surface area contributed by atoms with Gasteiger partial charge < -0.3 is 20.1 Å². The first-order valence-electron chi connectivity index (χ1n) is 8.94. The molecule has 148 valence electrons. The lowest BCUT2D eigenvalue weighted by atomic mass is 9.76. The van der Waals surface area contributed by atoms with E-state index in [1.54, 1.807) is 32.0 Å². The van der Waals surface area contributed by atoms with Crippen molar-refractivity contribution in [2.24, 2.45) is 5.41 Å². The number of rotatable bonds is 5. The van der Waals surface area contributed by atoms with Gasteiger partial charge in [-0.25, -0.2) is 4.79 Å². The average Bonchev–Trinajstić information content (AvgIpc) is 3.16. The number of allylic oxidation sites excluding steroid dienone is 2. The zero-order valence-corrected chi connectivity index (χ0v) is 16.3. The van der Waals surface area contributed by atoms with Crippen LogP contribution in [0.4, 0.5) is 0 Å². The lowest BCUT2D eigenvalue weighted by Gasteiger charge is -2.32. The van der Waals surface area contributed by atoms with E-state index in [-0.39, 0.29) is 18.5 Å². The lowest BCUT2D eigenvalue weighted by Crippen LogP contribution is -2.41. The van der Waals surface area contributed by atoms with Crippen LogP contribution < -0.4 is 0 Å². The minimum atomic E-state index is -1.14. The molecule has 2 aromatic rings. The van der Waals surface area contributed by atoms with E-state index in [1.165, 1.54) is 17.3 Å². The van der Waals surface area contributed by atoms with E-state index in [0.29, 0.717) is 5.57 Å². The van der Waals surface area contributed by atoms with E-state index in [9.17, 15) is 14.7 Å². The number of H-pyrrole nitrogens is 1. The van der Waals surface area contributed by atoms with Crippen molar-refractivity contribution in [2.45, 2.75) is 13.3 Å². The Morgan fingerprint density at radius 3 is 2.29 bits per heavy atom. The quantitative estimate of drug-likeness (QED) is 0.734. The number of aliphatic carboxylic acids is 2. The molecule has 1 heterocycles. The van der Waals surface area contributed by atoms with Crippen LogP contribution in [0.2, 0.25) is 0 Å². The molecular formula is C22H26N2O4. The van der Waals surface area contributed by atoms with Crippen LogP contribution in [0.5, 0.6) is 0 Å². The molecule has 0 saturated carbocycles. The molecule has 6 nitrogen and oxygen atoms in total. The van der Waals surface area contributed by atoms with Crippen molar-refractivity contribution in [3.05, 3.63) is 72.0 Å². The standard InChI is InChI=1S/C12H17NO4.C10H9N/c1-8-4-9(10(14)15)6-12(5-8,11(16)17)7-13(2)3;1-2-5-9(6-3-1)10-7-4-8-11-10/h4-5H,6-7H2,1-3H3,(H,14,15)(H,16,17);1-8,11H. The maximum Gasteiger partial charge on any atom is 0.331 e. The zero-order valence-electron chi connectivity index (χ0n) is 16.3. The first-order valence-corrected chi connectivity index (χ1v) is 8.94. The molecule has 1 aliphatic carbocycles. The Hall–Kier alpha value is -3.12. The third-order valence-electron chi connectivity index (χ3n) is 4.39. The predicted octanol–water partition coefficient (Wildman–Crippen LogP) is 3.66. The van der Waals surface area contributed by atoms with Gasteiger partial charge in [-0.3, -0.25) is 4.79 Å². The number of nitrogens with one attached hydrogen (secondary N) is 1. The number of benzene rings is 1. The summed E-state index contributed by atoms with van der Waals surface area (Å²) in [6.07, 6.45) is 5.12. The summed E-state index contributed by atoms with van der Waals surface area (Å²) in [5.41, 5.74) is 2.09.